The quantitative estimate of drug-likeness (QED) is 0.293. The number of fused-ring (bicyclic) bond motifs is 1. The number of nitrogens with one attached hydrogen (secondary N) is 3. The van der Waals surface area contributed by atoms with Gasteiger partial charge >= 0.3 is 6.03 Å². The lowest BCUT2D eigenvalue weighted by atomic mass is 9.89. The highest BCUT2D eigenvalue weighted by Gasteiger charge is 2.22. The molecule has 1 aromatic heterocycles. The third kappa shape index (κ3) is 5.00. The fourth-order valence-electron chi connectivity index (χ4n) is 5.04. The second-order valence-electron chi connectivity index (χ2n) is 9.15. The first-order chi connectivity index (χ1) is 16.7. The van der Waals surface area contributed by atoms with Crippen molar-refractivity contribution in [1.82, 2.24) is 9.88 Å². The number of H-pyrrole nitrogens is 1. The molecule has 0 aliphatic carbocycles. The molecule has 2 heterocycles. The van der Waals surface area contributed by atoms with Gasteiger partial charge in [-0.05, 0) is 91.8 Å². The lowest BCUT2D eigenvalue weighted by Crippen LogP contribution is -2.33. The second-order valence-corrected chi connectivity index (χ2v) is 9.15. The van der Waals surface area contributed by atoms with Crippen molar-refractivity contribution in [2.24, 2.45) is 0 Å². The van der Waals surface area contributed by atoms with Gasteiger partial charge in [-0.25, -0.2) is 4.79 Å². The monoisotopic (exact) mass is 452 g/mol. The number of aromatic nitrogens is 1. The maximum absolute atomic E-state index is 12.8. The van der Waals surface area contributed by atoms with Crippen molar-refractivity contribution < 1.29 is 4.79 Å². The highest BCUT2D eigenvalue weighted by atomic mass is 16.2. The molecule has 5 nitrogen and oxygen atoms in total. The van der Waals surface area contributed by atoms with Crippen molar-refractivity contribution in [3.05, 3.63) is 84.6 Å². The Morgan fingerprint density at radius 3 is 2.41 bits per heavy atom. The minimum atomic E-state index is -0.241. The van der Waals surface area contributed by atoms with E-state index in [-0.39, 0.29) is 6.03 Å². The van der Waals surface area contributed by atoms with E-state index in [2.05, 4.69) is 57.9 Å². The number of piperidine rings is 1. The standard InChI is InChI=1S/C29H32N4O/c1-2-15-33-16-13-22(14-17-33)27-20-30-28-12-11-25(19-26(27)28)32-29(34)31-24-10-6-9-23(18-24)21-7-4-3-5-8-21/h3-12,18-20,22,30H,2,13-17H2,1H3,(H2,31,32,34). The molecule has 1 fully saturated rings. The Balaban J connectivity index is 1.27. The number of carbonyl (C=O) groups is 1. The third-order valence-electron chi connectivity index (χ3n) is 6.77. The summed E-state index contributed by atoms with van der Waals surface area (Å²) in [5, 5.41) is 7.19. The third-order valence-corrected chi connectivity index (χ3v) is 6.77. The molecule has 0 bridgehead atoms. The minimum Gasteiger partial charge on any atom is -0.361 e. The molecule has 2 amide bonds. The van der Waals surface area contributed by atoms with Gasteiger partial charge in [0, 0.05) is 28.5 Å². The maximum Gasteiger partial charge on any atom is 0.323 e. The van der Waals surface area contributed by atoms with Gasteiger partial charge in [-0.15, -0.1) is 0 Å². The first-order valence-electron chi connectivity index (χ1n) is 12.3. The number of rotatable bonds is 6. The zero-order valence-electron chi connectivity index (χ0n) is 19.7. The number of hydrogen-bond donors (Lipinski definition) is 3. The Bertz CT molecular complexity index is 1260. The lowest BCUT2D eigenvalue weighted by molar-refractivity contribution is 0.213. The number of anilines is 2. The average molecular weight is 453 g/mol. The maximum atomic E-state index is 12.8. The number of carbonyl (C=O) groups excluding carboxylic acids is 1. The van der Waals surface area contributed by atoms with Crippen molar-refractivity contribution >= 4 is 28.3 Å². The normalized spacial score (nSPS) is 14.9. The molecule has 4 aromatic rings. The summed E-state index contributed by atoms with van der Waals surface area (Å²) in [6, 6.07) is 23.9. The Labute approximate surface area is 201 Å². The molecular formula is C29H32N4O. The summed E-state index contributed by atoms with van der Waals surface area (Å²) in [5.74, 6) is 0.562. The van der Waals surface area contributed by atoms with Gasteiger partial charge in [-0.3, -0.25) is 0 Å². The molecule has 0 spiro atoms. The van der Waals surface area contributed by atoms with Crippen LogP contribution in [0.3, 0.4) is 0 Å². The smallest absolute Gasteiger partial charge is 0.323 e. The zero-order chi connectivity index (χ0) is 23.3. The first kappa shape index (κ1) is 22.2. The van der Waals surface area contributed by atoms with Gasteiger partial charge in [0.2, 0.25) is 0 Å². The highest BCUT2D eigenvalue weighted by molar-refractivity contribution is 6.01. The van der Waals surface area contributed by atoms with Gasteiger partial charge < -0.3 is 20.5 Å². The molecule has 0 atom stereocenters. The SMILES string of the molecule is CCCN1CCC(c2c[nH]c3ccc(NC(=O)Nc4cccc(-c5ccccc5)c4)cc23)CC1. The highest BCUT2D eigenvalue weighted by Crippen LogP contribution is 2.34. The summed E-state index contributed by atoms with van der Waals surface area (Å²) in [4.78, 5) is 18.7. The van der Waals surface area contributed by atoms with Crippen LogP contribution in [0.2, 0.25) is 0 Å². The van der Waals surface area contributed by atoms with Crippen LogP contribution in [0.25, 0.3) is 22.0 Å². The fraction of sp³-hybridized carbons (Fsp3) is 0.276. The van der Waals surface area contributed by atoms with Crippen molar-refractivity contribution in [3.8, 4) is 11.1 Å². The molecule has 1 aliphatic heterocycles. The number of aromatic amines is 1. The molecule has 0 radical (unpaired) electrons. The van der Waals surface area contributed by atoms with Crippen molar-refractivity contribution in [2.45, 2.75) is 32.1 Å². The summed E-state index contributed by atoms with van der Waals surface area (Å²) >= 11 is 0. The van der Waals surface area contributed by atoms with E-state index in [1.54, 1.807) is 0 Å². The Kier molecular flexibility index (Phi) is 6.63. The number of urea groups is 1. The van der Waals surface area contributed by atoms with Crippen LogP contribution in [-0.2, 0) is 0 Å². The number of nitrogens with zero attached hydrogens (tertiary/aromatic N) is 1. The summed E-state index contributed by atoms with van der Waals surface area (Å²) in [5.41, 5.74) is 6.24. The van der Waals surface area contributed by atoms with Gasteiger partial charge in [0.15, 0.2) is 0 Å². The topological polar surface area (TPSA) is 60.2 Å². The van der Waals surface area contributed by atoms with Crippen molar-refractivity contribution in [2.75, 3.05) is 30.3 Å². The molecule has 3 N–H and O–H groups in total. The van der Waals surface area contributed by atoms with Gasteiger partial charge in [0.1, 0.15) is 0 Å². The van der Waals surface area contributed by atoms with Crippen molar-refractivity contribution in [3.63, 3.8) is 0 Å². The van der Waals surface area contributed by atoms with Crippen LogP contribution in [0.5, 0.6) is 0 Å². The lowest BCUT2D eigenvalue weighted by Gasteiger charge is -2.31. The first-order valence-corrected chi connectivity index (χ1v) is 12.3. The van der Waals surface area contributed by atoms with Crippen LogP contribution < -0.4 is 10.6 Å². The van der Waals surface area contributed by atoms with E-state index < -0.39 is 0 Å². The van der Waals surface area contributed by atoms with E-state index >= 15 is 0 Å². The fourth-order valence-corrected chi connectivity index (χ4v) is 5.04. The van der Waals surface area contributed by atoms with Crippen molar-refractivity contribution in [1.29, 1.82) is 0 Å². The summed E-state index contributed by atoms with van der Waals surface area (Å²) in [6.45, 7) is 5.76. The molecule has 174 valence electrons. The molecule has 1 aliphatic rings. The average Bonchev–Trinajstić information content (AvgIpc) is 3.29. The van der Waals surface area contributed by atoms with E-state index in [0.29, 0.717) is 5.92 Å². The molecule has 34 heavy (non-hydrogen) atoms. The van der Waals surface area contributed by atoms with Gasteiger partial charge in [0.05, 0.1) is 0 Å². The van der Waals surface area contributed by atoms with E-state index in [9.17, 15) is 4.79 Å². The summed E-state index contributed by atoms with van der Waals surface area (Å²) in [6.07, 6.45) is 5.74. The Hall–Kier alpha value is -3.57. The molecule has 3 aromatic carbocycles. The molecule has 0 saturated carbocycles. The Morgan fingerprint density at radius 1 is 0.912 bits per heavy atom. The predicted octanol–water partition coefficient (Wildman–Crippen LogP) is 7.07. The van der Waals surface area contributed by atoms with E-state index in [1.165, 1.54) is 36.8 Å². The molecule has 5 heteroatoms. The molecule has 1 saturated heterocycles. The van der Waals surface area contributed by atoms with Gasteiger partial charge in [-0.2, -0.15) is 0 Å². The van der Waals surface area contributed by atoms with Crippen LogP contribution in [-0.4, -0.2) is 35.5 Å². The predicted molar refractivity (Wildman–Crippen MR) is 142 cm³/mol. The molecule has 5 rings (SSSR count). The van der Waals surface area contributed by atoms with E-state index in [0.717, 1.165) is 41.1 Å². The number of hydrogen-bond acceptors (Lipinski definition) is 2. The number of likely N-dealkylation sites (tertiary alicyclic amines) is 1. The van der Waals surface area contributed by atoms with Crippen LogP contribution >= 0.6 is 0 Å². The molecular weight excluding hydrogens is 420 g/mol. The van der Waals surface area contributed by atoms with E-state index in [1.807, 2.05) is 48.5 Å². The summed E-state index contributed by atoms with van der Waals surface area (Å²) < 4.78 is 0. The second kappa shape index (κ2) is 10.1. The molecule has 0 unspecified atom stereocenters. The van der Waals surface area contributed by atoms with Crippen LogP contribution in [0.1, 0.15) is 37.7 Å². The largest absolute Gasteiger partial charge is 0.361 e. The van der Waals surface area contributed by atoms with Crippen LogP contribution in [0, 0.1) is 0 Å². The van der Waals surface area contributed by atoms with Gasteiger partial charge in [-0.1, -0.05) is 49.4 Å². The Morgan fingerprint density at radius 2 is 1.65 bits per heavy atom. The minimum absolute atomic E-state index is 0.241. The zero-order valence-corrected chi connectivity index (χ0v) is 19.7. The number of amides is 2. The number of benzene rings is 3. The van der Waals surface area contributed by atoms with E-state index in [4.69, 9.17) is 0 Å². The summed E-state index contributed by atoms with van der Waals surface area (Å²) in [7, 11) is 0. The van der Waals surface area contributed by atoms with Crippen LogP contribution in [0.15, 0.2) is 79.0 Å². The van der Waals surface area contributed by atoms with Crippen LogP contribution in [0.4, 0.5) is 16.2 Å². The van der Waals surface area contributed by atoms with Gasteiger partial charge in [0.25, 0.3) is 0 Å².